The second-order valence-corrected chi connectivity index (χ2v) is 6.08. The molecule has 0 atom stereocenters. The highest BCUT2D eigenvalue weighted by Gasteiger charge is 2.28. The SMILES string of the molecule is COCCON1NN=C(C(C=O)=C(c2ccc(F)cc2)c2ccc(F)cc2)N1C. The molecule has 0 bridgehead atoms. The molecule has 1 N–H and O–H groups in total. The van der Waals surface area contributed by atoms with Gasteiger partial charge in [-0.1, -0.05) is 24.3 Å². The molecule has 0 aliphatic carbocycles. The van der Waals surface area contributed by atoms with Crippen LogP contribution in [0.1, 0.15) is 11.1 Å². The van der Waals surface area contributed by atoms with Gasteiger partial charge in [0.25, 0.3) is 0 Å². The first kappa shape index (κ1) is 20.6. The summed E-state index contributed by atoms with van der Waals surface area (Å²) in [6.07, 6.45) is 0.651. The molecule has 0 aromatic heterocycles. The number of carbonyl (C=O) groups is 1. The summed E-state index contributed by atoms with van der Waals surface area (Å²) >= 11 is 0. The van der Waals surface area contributed by atoms with Crippen molar-refractivity contribution < 1.29 is 23.1 Å². The van der Waals surface area contributed by atoms with Crippen molar-refractivity contribution in [3.63, 3.8) is 0 Å². The third-order valence-electron chi connectivity index (χ3n) is 4.22. The molecule has 2 aromatic carbocycles. The van der Waals surface area contributed by atoms with Crippen molar-refractivity contribution in [3.05, 3.63) is 76.9 Å². The van der Waals surface area contributed by atoms with E-state index in [-0.39, 0.29) is 18.0 Å². The van der Waals surface area contributed by atoms with Gasteiger partial charge >= 0.3 is 0 Å². The van der Waals surface area contributed by atoms with Crippen LogP contribution in [-0.4, -0.2) is 49.8 Å². The van der Waals surface area contributed by atoms with E-state index in [1.807, 2.05) is 0 Å². The van der Waals surface area contributed by atoms with Crippen LogP contribution in [0, 0.1) is 11.6 Å². The lowest BCUT2D eigenvalue weighted by atomic mass is 9.92. The molecule has 152 valence electrons. The van der Waals surface area contributed by atoms with Crippen LogP contribution >= 0.6 is 0 Å². The van der Waals surface area contributed by atoms with E-state index >= 15 is 0 Å². The zero-order valence-corrected chi connectivity index (χ0v) is 15.9. The molecule has 7 nitrogen and oxygen atoms in total. The molecule has 0 saturated heterocycles. The number of nitrogens with zero attached hydrogens (tertiary/aromatic N) is 3. The average Bonchev–Trinajstić information content (AvgIpc) is 3.08. The molecule has 0 radical (unpaired) electrons. The maximum Gasteiger partial charge on any atom is 0.178 e. The third kappa shape index (κ3) is 4.65. The van der Waals surface area contributed by atoms with E-state index in [1.54, 1.807) is 38.4 Å². The molecule has 9 heteroatoms. The fourth-order valence-electron chi connectivity index (χ4n) is 2.81. The quantitative estimate of drug-likeness (QED) is 0.416. The van der Waals surface area contributed by atoms with Crippen LogP contribution in [0.3, 0.4) is 0 Å². The molecule has 0 amide bonds. The Kier molecular flexibility index (Phi) is 6.65. The summed E-state index contributed by atoms with van der Waals surface area (Å²) in [6.45, 7) is 0.633. The number of methoxy groups -OCH3 is 1. The van der Waals surface area contributed by atoms with Gasteiger partial charge in [0, 0.05) is 25.0 Å². The molecule has 2 aromatic rings. The van der Waals surface area contributed by atoms with Crippen molar-refractivity contribution in [2.45, 2.75) is 0 Å². The summed E-state index contributed by atoms with van der Waals surface area (Å²) in [5.74, 6) is -0.537. The van der Waals surface area contributed by atoms with E-state index < -0.39 is 11.6 Å². The van der Waals surface area contributed by atoms with Crippen molar-refractivity contribution in [2.75, 3.05) is 27.4 Å². The lowest BCUT2D eigenvalue weighted by molar-refractivity contribution is -0.276. The number of rotatable bonds is 8. The lowest BCUT2D eigenvalue weighted by Crippen LogP contribution is -2.44. The van der Waals surface area contributed by atoms with Gasteiger partial charge in [0.1, 0.15) is 11.6 Å². The molecule has 0 fully saturated rings. The Labute approximate surface area is 166 Å². The molecule has 0 unspecified atom stereocenters. The summed E-state index contributed by atoms with van der Waals surface area (Å²) in [4.78, 5) is 17.6. The normalized spacial score (nSPS) is 13.8. The van der Waals surface area contributed by atoms with Gasteiger partial charge in [-0.05, 0) is 35.4 Å². The van der Waals surface area contributed by atoms with Crippen LogP contribution in [0.2, 0.25) is 0 Å². The number of hydrazine groups is 2. The number of hydrazone groups is 1. The van der Waals surface area contributed by atoms with Gasteiger partial charge in [-0.15, -0.1) is 5.10 Å². The molecule has 0 spiro atoms. The number of amidine groups is 1. The molecule has 3 rings (SSSR count). The number of likely N-dealkylation sites (N-methyl/N-ethyl adjacent to an activating group) is 1. The van der Waals surface area contributed by atoms with E-state index in [2.05, 4.69) is 10.6 Å². The van der Waals surface area contributed by atoms with Gasteiger partial charge in [-0.2, -0.15) is 5.53 Å². The van der Waals surface area contributed by atoms with Gasteiger partial charge in [0.15, 0.2) is 12.1 Å². The first-order chi connectivity index (χ1) is 14.0. The number of ether oxygens (including phenoxy) is 1. The fourth-order valence-corrected chi connectivity index (χ4v) is 2.81. The summed E-state index contributed by atoms with van der Waals surface area (Å²) in [7, 11) is 3.21. The molecule has 0 saturated carbocycles. The smallest absolute Gasteiger partial charge is 0.178 e. The predicted molar refractivity (Wildman–Crippen MR) is 103 cm³/mol. The largest absolute Gasteiger partial charge is 0.382 e. The van der Waals surface area contributed by atoms with E-state index in [0.717, 1.165) is 0 Å². The second kappa shape index (κ2) is 9.37. The minimum absolute atomic E-state index is 0.219. The Bertz CT molecular complexity index is 867. The number of aldehydes is 1. The monoisotopic (exact) mass is 402 g/mol. The van der Waals surface area contributed by atoms with E-state index in [4.69, 9.17) is 9.57 Å². The Balaban J connectivity index is 2.04. The van der Waals surface area contributed by atoms with Crippen molar-refractivity contribution in [1.29, 1.82) is 0 Å². The highest BCUT2D eigenvalue weighted by Crippen LogP contribution is 2.29. The number of nitrogens with one attached hydrogen (secondary N) is 1. The summed E-state index contributed by atoms with van der Waals surface area (Å²) in [5.41, 5.74) is 4.52. The summed E-state index contributed by atoms with van der Waals surface area (Å²) in [6, 6.07) is 11.4. The van der Waals surface area contributed by atoms with Crippen molar-refractivity contribution in [3.8, 4) is 0 Å². The van der Waals surface area contributed by atoms with Crippen LogP contribution in [-0.2, 0) is 14.4 Å². The lowest BCUT2D eigenvalue weighted by Gasteiger charge is -2.24. The highest BCUT2D eigenvalue weighted by molar-refractivity contribution is 6.21. The Morgan fingerprint density at radius 1 is 1.03 bits per heavy atom. The summed E-state index contributed by atoms with van der Waals surface area (Å²) < 4.78 is 31.8. The highest BCUT2D eigenvalue weighted by atomic mass is 19.1. The number of carbonyl (C=O) groups excluding carboxylic acids is 1. The predicted octanol–water partition coefficient (Wildman–Crippen LogP) is 2.52. The summed E-state index contributed by atoms with van der Waals surface area (Å²) in [5, 5.41) is 6.93. The Morgan fingerprint density at radius 3 is 2.07 bits per heavy atom. The third-order valence-corrected chi connectivity index (χ3v) is 4.22. The number of hydrogen-bond acceptors (Lipinski definition) is 7. The molecular weight excluding hydrogens is 382 g/mol. The zero-order valence-electron chi connectivity index (χ0n) is 15.9. The number of halogens is 2. The molecule has 1 heterocycles. The minimum Gasteiger partial charge on any atom is -0.382 e. The Hall–Kier alpha value is -3.14. The number of benzene rings is 2. The van der Waals surface area contributed by atoms with Crippen LogP contribution in [0.15, 0.2) is 59.2 Å². The van der Waals surface area contributed by atoms with Crippen LogP contribution < -0.4 is 5.53 Å². The standard InChI is InChI=1S/C20H20F2N4O3/c1-25-20(23-24-26(25)29-12-11-28-2)18(13-27)19(14-3-7-16(21)8-4-14)15-5-9-17(22)10-6-15/h3-10,13,24H,11-12H2,1-2H3. The Morgan fingerprint density at radius 2 is 1.59 bits per heavy atom. The zero-order chi connectivity index (χ0) is 20.8. The van der Waals surface area contributed by atoms with Crippen molar-refractivity contribution in [2.24, 2.45) is 5.10 Å². The van der Waals surface area contributed by atoms with Crippen molar-refractivity contribution >= 4 is 17.7 Å². The van der Waals surface area contributed by atoms with Gasteiger partial charge in [0.05, 0.1) is 18.8 Å². The first-order valence-electron chi connectivity index (χ1n) is 8.75. The minimum atomic E-state index is -0.408. The van der Waals surface area contributed by atoms with Crippen molar-refractivity contribution in [1.82, 2.24) is 15.8 Å². The number of hydrogen-bond donors (Lipinski definition) is 1. The van der Waals surface area contributed by atoms with Crippen LogP contribution in [0.4, 0.5) is 8.78 Å². The average molecular weight is 402 g/mol. The maximum atomic E-state index is 13.4. The van der Waals surface area contributed by atoms with Crippen LogP contribution in [0.5, 0.6) is 0 Å². The van der Waals surface area contributed by atoms with Gasteiger partial charge in [-0.25, -0.2) is 13.8 Å². The molecular formula is C20H20F2N4O3. The topological polar surface area (TPSA) is 66.4 Å². The molecule has 29 heavy (non-hydrogen) atoms. The van der Waals surface area contributed by atoms with Crippen LogP contribution in [0.25, 0.3) is 5.57 Å². The molecule has 1 aliphatic rings. The van der Waals surface area contributed by atoms with E-state index in [9.17, 15) is 13.6 Å². The maximum absolute atomic E-state index is 13.4. The second-order valence-electron chi connectivity index (χ2n) is 6.08. The van der Waals surface area contributed by atoms with Gasteiger partial charge in [-0.3, -0.25) is 9.63 Å². The van der Waals surface area contributed by atoms with E-state index in [1.165, 1.54) is 34.6 Å². The van der Waals surface area contributed by atoms with Gasteiger partial charge < -0.3 is 4.74 Å². The fraction of sp³-hybridized carbons (Fsp3) is 0.200. The van der Waals surface area contributed by atoms with Gasteiger partial charge in [0.2, 0.25) is 0 Å². The first-order valence-corrected chi connectivity index (χ1v) is 8.75. The molecule has 1 aliphatic heterocycles. The van der Waals surface area contributed by atoms with E-state index in [0.29, 0.717) is 29.6 Å².